The van der Waals surface area contributed by atoms with Crippen molar-refractivity contribution in [3.63, 3.8) is 0 Å². The summed E-state index contributed by atoms with van der Waals surface area (Å²) < 4.78 is 5.58. The zero-order valence-electron chi connectivity index (χ0n) is 9.77. The van der Waals surface area contributed by atoms with Gasteiger partial charge in [0.05, 0.1) is 0 Å². The van der Waals surface area contributed by atoms with Crippen LogP contribution < -0.4 is 10.5 Å². The van der Waals surface area contributed by atoms with Crippen LogP contribution >= 0.6 is 11.6 Å². The van der Waals surface area contributed by atoms with E-state index in [-0.39, 0.29) is 5.84 Å². The smallest absolute Gasteiger partial charge is 0.220 e. The molecule has 18 heavy (non-hydrogen) atoms. The van der Waals surface area contributed by atoms with Gasteiger partial charge >= 0.3 is 0 Å². The van der Waals surface area contributed by atoms with Crippen LogP contribution in [-0.4, -0.2) is 10.8 Å². The normalized spacial score (nSPS) is 10.1. The lowest BCUT2D eigenvalue weighted by Crippen LogP contribution is -2.11. The third-order valence-electron chi connectivity index (χ3n) is 2.28. The topological polar surface area (TPSA) is 72.0 Å². The van der Waals surface area contributed by atoms with Crippen molar-refractivity contribution in [2.24, 2.45) is 5.73 Å². The number of hydrogen-bond donors (Lipinski definition) is 2. The minimum Gasteiger partial charge on any atom is -0.439 e. The summed E-state index contributed by atoms with van der Waals surface area (Å²) in [6.07, 6.45) is 0. The molecule has 5 heteroatoms. The Bertz CT molecular complexity index is 581. The number of ether oxygens (including phenoxy) is 1. The summed E-state index contributed by atoms with van der Waals surface area (Å²) in [5.74, 6) is 1.02. The Kier molecular flexibility index (Phi) is 3.48. The van der Waals surface area contributed by atoms with Crippen LogP contribution in [0, 0.1) is 12.3 Å². The van der Waals surface area contributed by atoms with E-state index < -0.39 is 0 Å². The number of aryl methyl sites for hydroxylation is 1. The fourth-order valence-electron chi connectivity index (χ4n) is 1.47. The van der Waals surface area contributed by atoms with E-state index in [4.69, 9.17) is 27.5 Å². The van der Waals surface area contributed by atoms with E-state index in [0.717, 1.165) is 5.69 Å². The Morgan fingerprint density at radius 3 is 2.56 bits per heavy atom. The third kappa shape index (κ3) is 2.99. The molecule has 0 unspecified atom stereocenters. The van der Waals surface area contributed by atoms with Gasteiger partial charge in [0, 0.05) is 22.3 Å². The minimum absolute atomic E-state index is 0.0125. The predicted molar refractivity (Wildman–Crippen MR) is 71.5 cm³/mol. The van der Waals surface area contributed by atoms with Gasteiger partial charge in [0.25, 0.3) is 0 Å². The molecule has 0 atom stereocenters. The summed E-state index contributed by atoms with van der Waals surface area (Å²) in [6, 6.07) is 10.3. The molecule has 2 aromatic rings. The average Bonchev–Trinajstić information content (AvgIpc) is 2.31. The maximum atomic E-state index is 7.41. The quantitative estimate of drug-likeness (QED) is 0.659. The molecule has 0 aliphatic heterocycles. The average molecular weight is 262 g/mol. The number of amidine groups is 1. The Balaban J connectivity index is 2.28. The van der Waals surface area contributed by atoms with Crippen molar-refractivity contribution in [2.45, 2.75) is 6.92 Å². The molecule has 0 aliphatic rings. The van der Waals surface area contributed by atoms with E-state index in [1.807, 2.05) is 6.92 Å². The van der Waals surface area contributed by atoms with Gasteiger partial charge < -0.3 is 10.5 Å². The highest BCUT2D eigenvalue weighted by Crippen LogP contribution is 2.22. The summed E-state index contributed by atoms with van der Waals surface area (Å²) in [4.78, 5) is 4.23. The molecule has 0 bridgehead atoms. The zero-order valence-corrected chi connectivity index (χ0v) is 10.5. The molecule has 0 amide bonds. The monoisotopic (exact) mass is 261 g/mol. The van der Waals surface area contributed by atoms with Gasteiger partial charge in [-0.2, -0.15) is 0 Å². The van der Waals surface area contributed by atoms with Gasteiger partial charge in [0.15, 0.2) is 0 Å². The summed E-state index contributed by atoms with van der Waals surface area (Å²) in [5, 5.41) is 8.06. The highest BCUT2D eigenvalue weighted by atomic mass is 35.5. The molecule has 0 spiro atoms. The van der Waals surface area contributed by atoms with Crippen LogP contribution in [0.15, 0.2) is 36.4 Å². The second-order valence-corrected chi connectivity index (χ2v) is 4.24. The van der Waals surface area contributed by atoms with Crippen LogP contribution in [0.5, 0.6) is 11.6 Å². The first-order valence-electron chi connectivity index (χ1n) is 5.31. The number of nitrogen functional groups attached to an aromatic ring is 1. The highest BCUT2D eigenvalue weighted by molar-refractivity contribution is 6.30. The van der Waals surface area contributed by atoms with E-state index in [9.17, 15) is 0 Å². The number of aromatic nitrogens is 1. The van der Waals surface area contributed by atoms with E-state index in [1.165, 1.54) is 0 Å². The lowest BCUT2D eigenvalue weighted by atomic mass is 10.2. The van der Waals surface area contributed by atoms with Crippen molar-refractivity contribution >= 4 is 17.4 Å². The number of rotatable bonds is 3. The molecule has 3 N–H and O–H groups in total. The fraction of sp³-hybridized carbons (Fsp3) is 0.0769. The number of nitrogens with one attached hydrogen (secondary N) is 1. The van der Waals surface area contributed by atoms with Crippen LogP contribution in [0.3, 0.4) is 0 Å². The molecule has 1 heterocycles. The van der Waals surface area contributed by atoms with Crippen LogP contribution in [0.2, 0.25) is 5.02 Å². The molecular formula is C13H12ClN3O. The van der Waals surface area contributed by atoms with Gasteiger partial charge in [-0.05, 0) is 37.3 Å². The number of hydrogen-bond acceptors (Lipinski definition) is 3. The molecule has 0 fully saturated rings. The van der Waals surface area contributed by atoms with E-state index in [1.54, 1.807) is 36.4 Å². The van der Waals surface area contributed by atoms with Crippen molar-refractivity contribution in [3.05, 3.63) is 52.7 Å². The molecule has 1 aromatic heterocycles. The van der Waals surface area contributed by atoms with Crippen LogP contribution in [-0.2, 0) is 0 Å². The number of benzene rings is 1. The lowest BCUT2D eigenvalue weighted by molar-refractivity contribution is 0.461. The van der Waals surface area contributed by atoms with Gasteiger partial charge in [0.1, 0.15) is 11.6 Å². The number of nitrogens with zero attached hydrogens (tertiary/aromatic N) is 1. The molecule has 0 saturated carbocycles. The maximum absolute atomic E-state index is 7.41. The van der Waals surface area contributed by atoms with Crippen molar-refractivity contribution in [1.29, 1.82) is 5.41 Å². The number of nitrogens with two attached hydrogens (primary N) is 1. The van der Waals surface area contributed by atoms with Gasteiger partial charge in [-0.25, -0.2) is 4.98 Å². The van der Waals surface area contributed by atoms with Crippen molar-refractivity contribution in [1.82, 2.24) is 4.98 Å². The largest absolute Gasteiger partial charge is 0.439 e. The molecule has 1 aromatic carbocycles. The molecule has 4 nitrogen and oxygen atoms in total. The van der Waals surface area contributed by atoms with Crippen molar-refractivity contribution in [2.75, 3.05) is 0 Å². The molecular weight excluding hydrogens is 250 g/mol. The van der Waals surface area contributed by atoms with Gasteiger partial charge in [0.2, 0.25) is 5.88 Å². The predicted octanol–water partition coefficient (Wildman–Crippen LogP) is 3.12. The first-order chi connectivity index (χ1) is 8.54. The van der Waals surface area contributed by atoms with Crippen LogP contribution in [0.25, 0.3) is 0 Å². The fourth-order valence-corrected chi connectivity index (χ4v) is 1.60. The number of halogens is 1. The first kappa shape index (κ1) is 12.4. The summed E-state index contributed by atoms with van der Waals surface area (Å²) in [7, 11) is 0. The Labute approximate surface area is 110 Å². The summed E-state index contributed by atoms with van der Waals surface area (Å²) in [5.41, 5.74) is 6.78. The first-order valence-corrected chi connectivity index (χ1v) is 5.69. The Morgan fingerprint density at radius 1 is 1.28 bits per heavy atom. The van der Waals surface area contributed by atoms with E-state index in [2.05, 4.69) is 4.98 Å². The lowest BCUT2D eigenvalue weighted by Gasteiger charge is -2.07. The Morgan fingerprint density at radius 2 is 1.94 bits per heavy atom. The van der Waals surface area contributed by atoms with Gasteiger partial charge in [-0.1, -0.05) is 11.6 Å². The molecule has 92 valence electrons. The van der Waals surface area contributed by atoms with E-state index in [0.29, 0.717) is 22.2 Å². The van der Waals surface area contributed by atoms with Gasteiger partial charge in [-0.15, -0.1) is 0 Å². The molecule has 2 rings (SSSR count). The molecule has 0 saturated heterocycles. The summed E-state index contributed by atoms with van der Waals surface area (Å²) in [6.45, 7) is 1.82. The minimum atomic E-state index is -0.0125. The van der Waals surface area contributed by atoms with Crippen molar-refractivity contribution < 1.29 is 4.74 Å². The van der Waals surface area contributed by atoms with E-state index >= 15 is 0 Å². The maximum Gasteiger partial charge on any atom is 0.220 e. The standard InChI is InChI=1S/C13H12ClN3O/c1-8-6-9(13(15)16)7-12(17-8)18-11-4-2-10(14)3-5-11/h2-7H,1H3,(H3,15,16). The number of pyridine rings is 1. The molecule has 0 aliphatic carbocycles. The van der Waals surface area contributed by atoms with Crippen LogP contribution in [0.4, 0.5) is 0 Å². The second kappa shape index (κ2) is 5.06. The second-order valence-electron chi connectivity index (χ2n) is 3.81. The zero-order chi connectivity index (χ0) is 13.1. The SMILES string of the molecule is Cc1cc(C(=N)N)cc(Oc2ccc(Cl)cc2)n1. The Hall–Kier alpha value is -2.07. The highest BCUT2D eigenvalue weighted by Gasteiger charge is 2.04. The molecule has 0 radical (unpaired) electrons. The van der Waals surface area contributed by atoms with Crippen LogP contribution in [0.1, 0.15) is 11.3 Å². The van der Waals surface area contributed by atoms with Crippen molar-refractivity contribution in [3.8, 4) is 11.6 Å². The summed E-state index contributed by atoms with van der Waals surface area (Å²) >= 11 is 5.79. The third-order valence-corrected chi connectivity index (χ3v) is 2.53. The van der Waals surface area contributed by atoms with Gasteiger partial charge in [-0.3, -0.25) is 5.41 Å².